The van der Waals surface area contributed by atoms with Gasteiger partial charge >= 0.3 is 0 Å². The Hall–Kier alpha value is -3.04. The minimum Gasteiger partial charge on any atom is -0.327 e. The van der Waals surface area contributed by atoms with Crippen molar-refractivity contribution in [3.8, 4) is 11.3 Å². The van der Waals surface area contributed by atoms with E-state index in [1.807, 2.05) is 18.4 Å². The molecule has 3 aromatic rings. The summed E-state index contributed by atoms with van der Waals surface area (Å²) in [5.74, 6) is -0.447. The summed E-state index contributed by atoms with van der Waals surface area (Å²) in [6, 6.07) is 7.01. The number of nitrogens with two attached hydrogens (primary N) is 1. The zero-order chi connectivity index (χ0) is 22.3. The van der Waals surface area contributed by atoms with Crippen LogP contribution < -0.4 is 11.1 Å². The van der Waals surface area contributed by atoms with Gasteiger partial charge in [0.05, 0.1) is 17.1 Å². The summed E-state index contributed by atoms with van der Waals surface area (Å²) in [6.07, 6.45) is 1.50. The van der Waals surface area contributed by atoms with Crippen LogP contribution in [0.5, 0.6) is 0 Å². The van der Waals surface area contributed by atoms with Crippen LogP contribution in [0.1, 0.15) is 19.7 Å². The Morgan fingerprint density at radius 1 is 1.23 bits per heavy atom. The van der Waals surface area contributed by atoms with Crippen molar-refractivity contribution in [2.75, 3.05) is 18.4 Å². The summed E-state index contributed by atoms with van der Waals surface area (Å²) < 4.78 is 29.5. The fourth-order valence-corrected chi connectivity index (χ4v) is 3.94. The van der Waals surface area contributed by atoms with Gasteiger partial charge in [0.25, 0.3) is 0 Å². The molecule has 1 aromatic carbocycles. The molecule has 1 aliphatic rings. The number of anilines is 2. The third-order valence-electron chi connectivity index (χ3n) is 5.38. The van der Waals surface area contributed by atoms with Gasteiger partial charge in [-0.05, 0) is 44.2 Å². The highest BCUT2D eigenvalue weighted by Crippen LogP contribution is 2.39. The van der Waals surface area contributed by atoms with E-state index in [1.165, 1.54) is 12.3 Å². The SMILES string of the molecule is CC1(C)c2nc(-c3ccc(F)c(F)c3)c(Nc3ccc(Cl)cn3)n2CCN1C(=O)CN. The molecule has 0 fully saturated rings. The van der Waals surface area contributed by atoms with Crippen molar-refractivity contribution < 1.29 is 13.6 Å². The van der Waals surface area contributed by atoms with Crippen molar-refractivity contribution in [1.82, 2.24) is 19.4 Å². The first-order valence-electron chi connectivity index (χ1n) is 9.68. The Morgan fingerprint density at radius 3 is 2.65 bits per heavy atom. The fourth-order valence-electron chi connectivity index (χ4n) is 3.83. The number of hydrogen-bond donors (Lipinski definition) is 2. The summed E-state index contributed by atoms with van der Waals surface area (Å²) in [6.45, 7) is 4.50. The van der Waals surface area contributed by atoms with E-state index in [9.17, 15) is 13.6 Å². The first-order valence-corrected chi connectivity index (χ1v) is 10.1. The van der Waals surface area contributed by atoms with E-state index >= 15 is 0 Å². The van der Waals surface area contributed by atoms with Crippen molar-refractivity contribution in [1.29, 1.82) is 0 Å². The van der Waals surface area contributed by atoms with Crippen molar-refractivity contribution in [3.05, 3.63) is 59.0 Å². The van der Waals surface area contributed by atoms with E-state index in [4.69, 9.17) is 22.3 Å². The summed E-state index contributed by atoms with van der Waals surface area (Å²) in [5.41, 5.74) is 5.63. The molecule has 0 unspecified atom stereocenters. The lowest BCUT2D eigenvalue weighted by atomic mass is 9.99. The van der Waals surface area contributed by atoms with Gasteiger partial charge in [0.2, 0.25) is 5.91 Å². The topological polar surface area (TPSA) is 89.1 Å². The summed E-state index contributed by atoms with van der Waals surface area (Å²) in [7, 11) is 0. The lowest BCUT2D eigenvalue weighted by Gasteiger charge is -2.42. The van der Waals surface area contributed by atoms with Gasteiger partial charge in [0.1, 0.15) is 23.2 Å². The third kappa shape index (κ3) is 3.75. The predicted molar refractivity (Wildman–Crippen MR) is 114 cm³/mol. The number of imidazole rings is 1. The molecule has 0 saturated carbocycles. The van der Waals surface area contributed by atoms with Gasteiger partial charge in [-0.1, -0.05) is 11.6 Å². The fraction of sp³-hybridized carbons (Fsp3) is 0.286. The number of carbonyl (C=O) groups excluding carboxylic acids is 1. The van der Waals surface area contributed by atoms with Crippen LogP contribution in [0, 0.1) is 11.6 Å². The van der Waals surface area contributed by atoms with Crippen molar-refractivity contribution in [3.63, 3.8) is 0 Å². The van der Waals surface area contributed by atoms with Crippen molar-refractivity contribution in [2.45, 2.75) is 25.9 Å². The number of fused-ring (bicyclic) bond motifs is 1. The van der Waals surface area contributed by atoms with E-state index in [0.717, 1.165) is 12.1 Å². The Bertz CT molecular complexity index is 1150. The van der Waals surface area contributed by atoms with Crippen LogP contribution in [0.15, 0.2) is 36.5 Å². The summed E-state index contributed by atoms with van der Waals surface area (Å²) >= 11 is 5.93. The smallest absolute Gasteiger partial charge is 0.237 e. The number of halogens is 3. The van der Waals surface area contributed by atoms with Gasteiger partial charge in [-0.25, -0.2) is 18.7 Å². The van der Waals surface area contributed by atoms with Gasteiger partial charge in [-0.3, -0.25) is 4.79 Å². The van der Waals surface area contributed by atoms with Crippen LogP contribution in [-0.4, -0.2) is 38.4 Å². The molecule has 0 bridgehead atoms. The molecule has 0 spiro atoms. The Kier molecular flexibility index (Phi) is 5.40. The van der Waals surface area contributed by atoms with Crippen LogP contribution in [0.25, 0.3) is 11.3 Å². The van der Waals surface area contributed by atoms with Gasteiger partial charge in [0, 0.05) is 24.8 Å². The number of amides is 1. The molecular weight excluding hydrogens is 426 g/mol. The molecule has 0 radical (unpaired) electrons. The van der Waals surface area contributed by atoms with E-state index in [2.05, 4.69) is 10.3 Å². The number of nitrogens with zero attached hydrogens (tertiary/aromatic N) is 4. The Labute approximate surface area is 182 Å². The van der Waals surface area contributed by atoms with Gasteiger partial charge in [0.15, 0.2) is 11.6 Å². The van der Waals surface area contributed by atoms with Crippen LogP contribution in [0.4, 0.5) is 20.4 Å². The lowest BCUT2D eigenvalue weighted by Crippen LogP contribution is -2.53. The quantitative estimate of drug-likeness (QED) is 0.638. The van der Waals surface area contributed by atoms with Gasteiger partial charge < -0.3 is 20.5 Å². The van der Waals surface area contributed by atoms with E-state index in [1.54, 1.807) is 17.0 Å². The summed E-state index contributed by atoms with van der Waals surface area (Å²) in [5, 5.41) is 3.71. The predicted octanol–water partition coefficient (Wildman–Crippen LogP) is 3.66. The highest BCUT2D eigenvalue weighted by atomic mass is 35.5. The Morgan fingerprint density at radius 2 is 2.00 bits per heavy atom. The first-order chi connectivity index (χ1) is 14.7. The second-order valence-electron chi connectivity index (χ2n) is 7.71. The van der Waals surface area contributed by atoms with Crippen molar-refractivity contribution in [2.24, 2.45) is 5.73 Å². The minimum atomic E-state index is -0.974. The van der Waals surface area contributed by atoms with E-state index in [-0.39, 0.29) is 12.5 Å². The molecule has 3 heterocycles. The molecule has 31 heavy (non-hydrogen) atoms. The van der Waals surface area contributed by atoms with Gasteiger partial charge in [-0.15, -0.1) is 0 Å². The number of rotatable bonds is 4. The largest absolute Gasteiger partial charge is 0.327 e. The zero-order valence-electron chi connectivity index (χ0n) is 17.0. The first kappa shape index (κ1) is 21.2. The maximum atomic E-state index is 14.0. The molecular formula is C21H21ClF2N6O. The third-order valence-corrected chi connectivity index (χ3v) is 5.60. The standard InChI is InChI=1S/C21H21ClF2N6O/c1-21(2)20-28-18(12-3-5-14(23)15(24)9-12)19(27-16-6-4-13(22)11-26-16)29(20)7-8-30(21)17(31)10-25/h3-6,9,11H,7-8,10,25H2,1-2H3,(H,26,27). The molecule has 10 heteroatoms. The molecule has 0 aliphatic carbocycles. The number of hydrogen-bond acceptors (Lipinski definition) is 5. The molecule has 0 atom stereocenters. The Balaban J connectivity index is 1.88. The molecule has 1 amide bonds. The van der Waals surface area contributed by atoms with Crippen LogP contribution in [0.2, 0.25) is 5.02 Å². The number of nitrogens with one attached hydrogen (secondary N) is 1. The molecule has 162 valence electrons. The van der Waals surface area contributed by atoms with Crippen LogP contribution >= 0.6 is 11.6 Å². The number of aromatic nitrogens is 3. The average Bonchev–Trinajstić information content (AvgIpc) is 3.11. The maximum absolute atomic E-state index is 14.0. The van der Waals surface area contributed by atoms with Gasteiger partial charge in [-0.2, -0.15) is 0 Å². The molecule has 0 saturated heterocycles. The lowest BCUT2D eigenvalue weighted by molar-refractivity contribution is -0.137. The molecule has 7 nitrogen and oxygen atoms in total. The monoisotopic (exact) mass is 446 g/mol. The highest BCUT2D eigenvalue weighted by Gasteiger charge is 2.41. The molecule has 1 aliphatic heterocycles. The highest BCUT2D eigenvalue weighted by molar-refractivity contribution is 6.30. The summed E-state index contributed by atoms with van der Waals surface area (Å²) in [4.78, 5) is 23.1. The number of carbonyl (C=O) groups is 1. The molecule has 3 N–H and O–H groups in total. The average molecular weight is 447 g/mol. The maximum Gasteiger partial charge on any atom is 0.237 e. The number of pyridine rings is 1. The van der Waals surface area contributed by atoms with Crippen molar-refractivity contribution >= 4 is 29.1 Å². The van der Waals surface area contributed by atoms with E-state index < -0.39 is 17.2 Å². The second kappa shape index (κ2) is 7.90. The molecule has 4 rings (SSSR count). The molecule has 2 aromatic heterocycles. The van der Waals surface area contributed by atoms with Crippen LogP contribution in [-0.2, 0) is 16.9 Å². The normalized spacial score (nSPS) is 15.0. The van der Waals surface area contributed by atoms with E-state index in [0.29, 0.717) is 46.8 Å². The van der Waals surface area contributed by atoms with Crippen LogP contribution in [0.3, 0.4) is 0 Å². The second-order valence-corrected chi connectivity index (χ2v) is 8.14. The zero-order valence-corrected chi connectivity index (χ0v) is 17.7. The number of benzene rings is 1. The minimum absolute atomic E-state index is 0.111.